The highest BCUT2D eigenvalue weighted by molar-refractivity contribution is 6.00. The minimum atomic E-state index is -4.71. The highest BCUT2D eigenvalue weighted by atomic mass is 19.4. The quantitative estimate of drug-likeness (QED) is 0.884. The van der Waals surface area contributed by atoms with E-state index in [0.717, 1.165) is 5.69 Å². The molecule has 1 aromatic carbocycles. The van der Waals surface area contributed by atoms with Crippen molar-refractivity contribution in [2.24, 2.45) is 10.5 Å². The summed E-state index contributed by atoms with van der Waals surface area (Å²) in [4.78, 5) is 14.6. The Bertz CT molecular complexity index is 691. The molecule has 1 N–H and O–H groups in total. The molecule has 0 fully saturated rings. The Kier molecular flexibility index (Phi) is 4.63. The summed E-state index contributed by atoms with van der Waals surface area (Å²) in [5, 5.41) is 14.9. The van der Waals surface area contributed by atoms with Crippen LogP contribution in [0.15, 0.2) is 29.4 Å². The van der Waals surface area contributed by atoms with Crippen molar-refractivity contribution in [1.82, 2.24) is 5.01 Å². The Morgan fingerprint density at radius 3 is 2.12 bits per heavy atom. The summed E-state index contributed by atoms with van der Waals surface area (Å²) in [5.74, 6) is -0.776. The number of hydrazone groups is 1. The van der Waals surface area contributed by atoms with Gasteiger partial charge in [-0.05, 0) is 24.3 Å². The lowest BCUT2D eigenvalue weighted by atomic mass is 9.80. The number of halogens is 3. The summed E-state index contributed by atoms with van der Waals surface area (Å²) in [6.07, 6.45) is -5.47. The van der Waals surface area contributed by atoms with Crippen LogP contribution >= 0.6 is 0 Å². The fourth-order valence-electron chi connectivity index (χ4n) is 2.52. The van der Waals surface area contributed by atoms with Crippen molar-refractivity contribution < 1.29 is 23.1 Å². The molecule has 1 heterocycles. The van der Waals surface area contributed by atoms with Crippen molar-refractivity contribution in [3.63, 3.8) is 0 Å². The third-order valence-electron chi connectivity index (χ3n) is 4.34. The van der Waals surface area contributed by atoms with Crippen LogP contribution in [0.4, 0.5) is 18.9 Å². The Hall–Kier alpha value is -2.09. The number of alkyl halides is 3. The maximum Gasteiger partial charge on any atom is 0.431 e. The van der Waals surface area contributed by atoms with E-state index in [0.29, 0.717) is 5.01 Å². The first kappa shape index (κ1) is 19.2. The molecule has 0 spiro atoms. The molecule has 1 aliphatic heterocycles. The van der Waals surface area contributed by atoms with Crippen LogP contribution in [-0.4, -0.2) is 47.7 Å². The normalized spacial score (nSPS) is 21.3. The summed E-state index contributed by atoms with van der Waals surface area (Å²) in [5.41, 5.74) is -3.26. The number of benzene rings is 1. The highest BCUT2D eigenvalue weighted by Gasteiger charge is 2.57. The number of rotatable bonds is 2. The van der Waals surface area contributed by atoms with Gasteiger partial charge < -0.3 is 10.0 Å². The molecule has 25 heavy (non-hydrogen) atoms. The van der Waals surface area contributed by atoms with Gasteiger partial charge in [0.05, 0.1) is 0 Å². The smallest absolute Gasteiger partial charge is 0.378 e. The van der Waals surface area contributed by atoms with Crippen molar-refractivity contribution in [3.05, 3.63) is 29.8 Å². The Morgan fingerprint density at radius 2 is 1.72 bits per heavy atom. The summed E-state index contributed by atoms with van der Waals surface area (Å²) in [6.45, 7) is 4.70. The molecule has 5 nitrogen and oxygen atoms in total. The minimum Gasteiger partial charge on any atom is -0.378 e. The average molecular weight is 357 g/mol. The third-order valence-corrected chi connectivity index (χ3v) is 4.34. The largest absolute Gasteiger partial charge is 0.431 e. The van der Waals surface area contributed by atoms with Crippen molar-refractivity contribution >= 4 is 17.3 Å². The van der Waals surface area contributed by atoms with Crippen molar-refractivity contribution in [2.45, 2.75) is 39.1 Å². The topological polar surface area (TPSA) is 56.1 Å². The fraction of sp³-hybridized carbons (Fsp3) is 0.529. The maximum atomic E-state index is 13.1. The summed E-state index contributed by atoms with van der Waals surface area (Å²) < 4.78 is 39.3. The Morgan fingerprint density at radius 1 is 1.20 bits per heavy atom. The van der Waals surface area contributed by atoms with E-state index in [2.05, 4.69) is 5.10 Å². The SMILES string of the molecule is CN(C)c1ccc(C(=O)N2N=C(C(F)(F)F)CC2(O)C(C)(C)C)cc1. The second-order valence-corrected chi connectivity index (χ2v) is 7.35. The van der Waals surface area contributed by atoms with Gasteiger partial charge in [-0.3, -0.25) is 4.79 Å². The summed E-state index contributed by atoms with van der Waals surface area (Å²) >= 11 is 0. The van der Waals surface area contributed by atoms with Gasteiger partial charge in [-0.25, -0.2) is 0 Å². The van der Waals surface area contributed by atoms with Crippen LogP contribution in [0, 0.1) is 5.41 Å². The number of anilines is 1. The molecule has 0 radical (unpaired) electrons. The first-order valence-corrected chi connectivity index (χ1v) is 7.76. The van der Waals surface area contributed by atoms with Gasteiger partial charge in [-0.2, -0.15) is 23.3 Å². The van der Waals surface area contributed by atoms with Gasteiger partial charge in [0.1, 0.15) is 5.71 Å². The van der Waals surface area contributed by atoms with Crippen LogP contribution in [0.5, 0.6) is 0 Å². The lowest BCUT2D eigenvalue weighted by Gasteiger charge is -2.41. The van der Waals surface area contributed by atoms with Crippen LogP contribution < -0.4 is 4.90 Å². The molecule has 0 aliphatic carbocycles. The third kappa shape index (κ3) is 3.49. The molecule has 1 atom stereocenters. The first-order chi connectivity index (χ1) is 11.3. The second-order valence-electron chi connectivity index (χ2n) is 7.35. The number of hydrogen-bond acceptors (Lipinski definition) is 4. The van der Waals surface area contributed by atoms with E-state index in [1.807, 2.05) is 19.0 Å². The summed E-state index contributed by atoms with van der Waals surface area (Å²) in [7, 11) is 3.66. The zero-order valence-electron chi connectivity index (χ0n) is 14.8. The molecule has 0 aromatic heterocycles. The van der Waals surface area contributed by atoms with E-state index >= 15 is 0 Å². The number of nitrogens with zero attached hydrogens (tertiary/aromatic N) is 3. The number of aliphatic hydroxyl groups is 1. The van der Waals surface area contributed by atoms with Crippen LogP contribution in [0.2, 0.25) is 0 Å². The Labute approximate surface area is 144 Å². The van der Waals surface area contributed by atoms with Gasteiger partial charge in [0.15, 0.2) is 5.72 Å². The predicted molar refractivity (Wildman–Crippen MR) is 89.5 cm³/mol. The number of carbonyl (C=O) groups excluding carboxylic acids is 1. The molecule has 8 heteroatoms. The lowest BCUT2D eigenvalue weighted by molar-refractivity contribution is -0.144. The number of hydrogen-bond donors (Lipinski definition) is 1. The molecule has 2 rings (SSSR count). The molecule has 138 valence electrons. The fourth-order valence-corrected chi connectivity index (χ4v) is 2.52. The van der Waals surface area contributed by atoms with E-state index in [-0.39, 0.29) is 5.56 Å². The zero-order valence-corrected chi connectivity index (χ0v) is 14.8. The maximum absolute atomic E-state index is 13.1. The van der Waals surface area contributed by atoms with E-state index in [4.69, 9.17) is 0 Å². The molecule has 1 amide bonds. The molecule has 1 aromatic rings. The number of carbonyl (C=O) groups is 1. The average Bonchev–Trinajstić information content (AvgIpc) is 2.85. The van der Waals surface area contributed by atoms with E-state index in [1.165, 1.54) is 12.1 Å². The van der Waals surface area contributed by atoms with Gasteiger partial charge in [0.25, 0.3) is 5.91 Å². The predicted octanol–water partition coefficient (Wildman–Crippen LogP) is 3.25. The summed E-state index contributed by atoms with van der Waals surface area (Å²) in [6, 6.07) is 6.35. The monoisotopic (exact) mass is 357 g/mol. The van der Waals surface area contributed by atoms with Crippen LogP contribution in [0.1, 0.15) is 37.6 Å². The lowest BCUT2D eigenvalue weighted by Crippen LogP contribution is -2.55. The van der Waals surface area contributed by atoms with E-state index < -0.39 is 35.4 Å². The standard InChI is InChI=1S/C17H22F3N3O2/c1-15(2,3)16(25)10-13(17(18,19)20)21-23(16)14(24)11-6-8-12(9-7-11)22(4)5/h6-9,25H,10H2,1-5H3. The molecule has 1 unspecified atom stereocenters. The molecule has 0 saturated carbocycles. The van der Waals surface area contributed by atoms with Crippen LogP contribution in [0.3, 0.4) is 0 Å². The van der Waals surface area contributed by atoms with E-state index in [1.54, 1.807) is 32.9 Å². The minimum absolute atomic E-state index is 0.153. The van der Waals surface area contributed by atoms with Crippen molar-refractivity contribution in [1.29, 1.82) is 0 Å². The van der Waals surface area contributed by atoms with E-state index in [9.17, 15) is 23.1 Å². The first-order valence-electron chi connectivity index (χ1n) is 7.76. The molecular formula is C17H22F3N3O2. The van der Waals surface area contributed by atoms with Gasteiger partial charge in [0.2, 0.25) is 0 Å². The van der Waals surface area contributed by atoms with Gasteiger partial charge in [0, 0.05) is 37.2 Å². The molecule has 1 aliphatic rings. The second kappa shape index (κ2) is 6.01. The van der Waals surface area contributed by atoms with Gasteiger partial charge in [-0.15, -0.1) is 0 Å². The van der Waals surface area contributed by atoms with Crippen LogP contribution in [-0.2, 0) is 0 Å². The molecular weight excluding hydrogens is 335 g/mol. The van der Waals surface area contributed by atoms with Crippen LogP contribution in [0.25, 0.3) is 0 Å². The molecule has 0 bridgehead atoms. The zero-order chi connectivity index (χ0) is 19.2. The Balaban J connectivity index is 2.44. The molecule has 0 saturated heterocycles. The van der Waals surface area contributed by atoms with Gasteiger partial charge in [-0.1, -0.05) is 20.8 Å². The van der Waals surface area contributed by atoms with Gasteiger partial charge >= 0.3 is 6.18 Å². The number of amides is 1. The van der Waals surface area contributed by atoms with Crippen molar-refractivity contribution in [2.75, 3.05) is 19.0 Å². The highest BCUT2D eigenvalue weighted by Crippen LogP contribution is 2.44. The van der Waals surface area contributed by atoms with Crippen molar-refractivity contribution in [3.8, 4) is 0 Å².